The average molecular weight is 273 g/mol. The number of aryl methyl sites for hydroxylation is 2. The maximum Gasteiger partial charge on any atom is 0.134 e. The Balaban J connectivity index is 1.78. The first-order chi connectivity index (χ1) is 9.28. The number of benzene rings is 1. The van der Waals surface area contributed by atoms with Crippen LogP contribution in [-0.4, -0.2) is 7.11 Å². The van der Waals surface area contributed by atoms with E-state index in [9.17, 15) is 0 Å². The zero-order valence-corrected chi connectivity index (χ0v) is 12.0. The molecule has 0 amide bonds. The van der Waals surface area contributed by atoms with Gasteiger partial charge in [0.15, 0.2) is 0 Å². The Bertz CT molecular complexity index is 576. The minimum absolute atomic E-state index is 0.0226. The van der Waals surface area contributed by atoms with Gasteiger partial charge < -0.3 is 10.5 Å². The molecule has 2 aromatic rings. The van der Waals surface area contributed by atoms with Crippen molar-refractivity contribution in [3.8, 4) is 5.75 Å². The van der Waals surface area contributed by atoms with E-state index in [1.165, 1.54) is 36.0 Å². The highest BCUT2D eigenvalue weighted by Crippen LogP contribution is 2.32. The van der Waals surface area contributed by atoms with Crippen LogP contribution in [0.25, 0.3) is 0 Å². The Kier molecular flexibility index (Phi) is 3.58. The highest BCUT2D eigenvalue weighted by Gasteiger charge is 2.16. The van der Waals surface area contributed by atoms with E-state index in [4.69, 9.17) is 10.5 Å². The molecule has 0 aliphatic heterocycles. The molecule has 19 heavy (non-hydrogen) atoms. The van der Waals surface area contributed by atoms with Crippen LogP contribution in [0.15, 0.2) is 29.6 Å². The molecule has 1 aliphatic rings. The lowest BCUT2D eigenvalue weighted by Gasteiger charge is -2.13. The maximum atomic E-state index is 6.32. The molecule has 0 saturated carbocycles. The SMILES string of the molecule is COc1ccsc1C(N)Cc1ccc2c(c1)CCC2. The molecule has 3 heteroatoms. The second-order valence-electron chi connectivity index (χ2n) is 5.12. The van der Waals surface area contributed by atoms with Gasteiger partial charge >= 0.3 is 0 Å². The van der Waals surface area contributed by atoms with Gasteiger partial charge in [-0.2, -0.15) is 0 Å². The van der Waals surface area contributed by atoms with E-state index in [-0.39, 0.29) is 6.04 Å². The Morgan fingerprint density at radius 1 is 1.26 bits per heavy atom. The molecule has 1 unspecified atom stereocenters. The fraction of sp³-hybridized carbons (Fsp3) is 0.375. The van der Waals surface area contributed by atoms with Gasteiger partial charge in [-0.1, -0.05) is 18.2 Å². The standard InChI is InChI=1S/C16H19NOS/c1-18-15-7-8-19-16(15)14(17)10-11-5-6-12-3-2-4-13(12)9-11/h5-9,14H,2-4,10,17H2,1H3. The Morgan fingerprint density at radius 2 is 2.11 bits per heavy atom. The quantitative estimate of drug-likeness (QED) is 0.925. The molecular weight excluding hydrogens is 254 g/mol. The summed E-state index contributed by atoms with van der Waals surface area (Å²) in [7, 11) is 1.70. The summed E-state index contributed by atoms with van der Waals surface area (Å²) in [5.41, 5.74) is 10.7. The van der Waals surface area contributed by atoms with Crippen molar-refractivity contribution >= 4 is 11.3 Å². The molecule has 2 nitrogen and oxygen atoms in total. The first-order valence-electron chi connectivity index (χ1n) is 6.75. The van der Waals surface area contributed by atoms with Crippen molar-refractivity contribution in [3.63, 3.8) is 0 Å². The first-order valence-corrected chi connectivity index (χ1v) is 7.63. The molecule has 2 N–H and O–H groups in total. The van der Waals surface area contributed by atoms with Crippen LogP contribution in [0.4, 0.5) is 0 Å². The van der Waals surface area contributed by atoms with Crippen molar-refractivity contribution in [3.05, 3.63) is 51.2 Å². The molecule has 1 aliphatic carbocycles. The van der Waals surface area contributed by atoms with Crippen LogP contribution in [0.3, 0.4) is 0 Å². The molecular formula is C16H19NOS. The fourth-order valence-corrected chi connectivity index (χ4v) is 3.71. The molecule has 3 rings (SSSR count). The highest BCUT2D eigenvalue weighted by molar-refractivity contribution is 7.10. The number of hydrogen-bond acceptors (Lipinski definition) is 3. The van der Waals surface area contributed by atoms with Gasteiger partial charge in [-0.25, -0.2) is 0 Å². The topological polar surface area (TPSA) is 35.2 Å². The van der Waals surface area contributed by atoms with Crippen LogP contribution in [0, 0.1) is 0 Å². The van der Waals surface area contributed by atoms with E-state index in [0.29, 0.717) is 0 Å². The van der Waals surface area contributed by atoms with E-state index in [1.54, 1.807) is 18.4 Å². The predicted molar refractivity (Wildman–Crippen MR) is 80.0 cm³/mol. The highest BCUT2D eigenvalue weighted by atomic mass is 32.1. The first kappa shape index (κ1) is 12.7. The summed E-state index contributed by atoms with van der Waals surface area (Å²) in [6.45, 7) is 0. The summed E-state index contributed by atoms with van der Waals surface area (Å²) in [5.74, 6) is 0.915. The number of nitrogens with two attached hydrogens (primary N) is 1. The molecule has 1 atom stereocenters. The van der Waals surface area contributed by atoms with Crippen LogP contribution in [0.1, 0.15) is 34.0 Å². The van der Waals surface area contributed by atoms with Gasteiger partial charge in [-0.3, -0.25) is 0 Å². The van der Waals surface area contributed by atoms with Crippen molar-refractivity contribution in [2.45, 2.75) is 31.7 Å². The Labute approximate surface area is 118 Å². The number of fused-ring (bicyclic) bond motifs is 1. The van der Waals surface area contributed by atoms with Crippen LogP contribution in [0.2, 0.25) is 0 Å². The van der Waals surface area contributed by atoms with Crippen LogP contribution in [-0.2, 0) is 19.3 Å². The smallest absolute Gasteiger partial charge is 0.134 e. The van der Waals surface area contributed by atoms with E-state index >= 15 is 0 Å². The van der Waals surface area contributed by atoms with Crippen LogP contribution >= 0.6 is 11.3 Å². The molecule has 1 aromatic carbocycles. The number of methoxy groups -OCH3 is 1. The third-order valence-corrected chi connectivity index (χ3v) is 4.86. The third kappa shape index (κ3) is 2.53. The summed E-state index contributed by atoms with van der Waals surface area (Å²) in [5, 5.41) is 2.04. The van der Waals surface area contributed by atoms with E-state index < -0.39 is 0 Å². The van der Waals surface area contributed by atoms with Crippen molar-refractivity contribution in [1.82, 2.24) is 0 Å². The Morgan fingerprint density at radius 3 is 2.95 bits per heavy atom. The average Bonchev–Trinajstić information content (AvgIpc) is 3.06. The van der Waals surface area contributed by atoms with Gasteiger partial charge in [0.05, 0.1) is 12.0 Å². The van der Waals surface area contributed by atoms with Gasteiger partial charge in [0.2, 0.25) is 0 Å². The van der Waals surface area contributed by atoms with Crippen LogP contribution in [0.5, 0.6) is 5.75 Å². The molecule has 1 heterocycles. The molecule has 0 radical (unpaired) electrons. The van der Waals surface area contributed by atoms with Crippen molar-refractivity contribution in [1.29, 1.82) is 0 Å². The predicted octanol–water partition coefficient (Wildman–Crippen LogP) is 3.49. The summed E-state index contributed by atoms with van der Waals surface area (Å²) in [6.07, 6.45) is 4.63. The van der Waals surface area contributed by atoms with Gasteiger partial charge in [0, 0.05) is 6.04 Å². The second kappa shape index (κ2) is 5.35. The number of rotatable bonds is 4. The van der Waals surface area contributed by atoms with E-state index in [1.807, 2.05) is 11.4 Å². The van der Waals surface area contributed by atoms with E-state index in [0.717, 1.165) is 17.0 Å². The van der Waals surface area contributed by atoms with Crippen molar-refractivity contribution < 1.29 is 4.74 Å². The number of thiophene rings is 1. The number of ether oxygens (including phenoxy) is 1. The molecule has 100 valence electrons. The Hall–Kier alpha value is -1.32. The largest absolute Gasteiger partial charge is 0.496 e. The maximum absolute atomic E-state index is 6.32. The lowest BCUT2D eigenvalue weighted by Crippen LogP contribution is -2.13. The normalized spacial score (nSPS) is 15.3. The van der Waals surface area contributed by atoms with Gasteiger partial charge in [-0.15, -0.1) is 11.3 Å². The summed E-state index contributed by atoms with van der Waals surface area (Å²) < 4.78 is 5.35. The summed E-state index contributed by atoms with van der Waals surface area (Å²) in [6, 6.07) is 8.85. The zero-order chi connectivity index (χ0) is 13.2. The molecule has 0 saturated heterocycles. The number of hydrogen-bond donors (Lipinski definition) is 1. The monoisotopic (exact) mass is 273 g/mol. The van der Waals surface area contributed by atoms with Gasteiger partial charge in [0.25, 0.3) is 0 Å². The molecule has 0 spiro atoms. The summed E-state index contributed by atoms with van der Waals surface area (Å²) >= 11 is 1.68. The second-order valence-corrected chi connectivity index (χ2v) is 6.07. The van der Waals surface area contributed by atoms with Gasteiger partial charge in [-0.05, 0) is 53.8 Å². The van der Waals surface area contributed by atoms with Crippen LogP contribution < -0.4 is 10.5 Å². The zero-order valence-electron chi connectivity index (χ0n) is 11.2. The van der Waals surface area contributed by atoms with Crippen molar-refractivity contribution in [2.24, 2.45) is 5.73 Å². The summed E-state index contributed by atoms with van der Waals surface area (Å²) in [4.78, 5) is 1.14. The minimum atomic E-state index is 0.0226. The van der Waals surface area contributed by atoms with Gasteiger partial charge in [0.1, 0.15) is 5.75 Å². The molecule has 0 fully saturated rings. The lowest BCUT2D eigenvalue weighted by molar-refractivity contribution is 0.409. The lowest BCUT2D eigenvalue weighted by atomic mass is 10.0. The minimum Gasteiger partial charge on any atom is -0.496 e. The van der Waals surface area contributed by atoms with Crippen molar-refractivity contribution in [2.75, 3.05) is 7.11 Å². The fourth-order valence-electron chi connectivity index (χ4n) is 2.85. The molecule has 0 bridgehead atoms. The third-order valence-electron chi connectivity index (χ3n) is 3.83. The van der Waals surface area contributed by atoms with E-state index in [2.05, 4.69) is 18.2 Å². The molecule has 1 aromatic heterocycles.